The Balaban J connectivity index is 1.65. The van der Waals surface area contributed by atoms with Crippen LogP contribution < -0.4 is 14.8 Å². The van der Waals surface area contributed by atoms with Crippen LogP contribution in [0.3, 0.4) is 0 Å². The predicted octanol–water partition coefficient (Wildman–Crippen LogP) is 3.38. The summed E-state index contributed by atoms with van der Waals surface area (Å²) in [6.45, 7) is 0.956. The molecule has 10 heteroatoms. The Labute approximate surface area is 163 Å². The molecule has 1 N–H and O–H groups in total. The van der Waals surface area contributed by atoms with E-state index in [0.29, 0.717) is 35.4 Å². The maximum Gasteiger partial charge on any atom is 0.259 e. The molecular formula is C17H13ClN2O5S2. The second-order valence-electron chi connectivity index (χ2n) is 5.85. The molecule has 0 saturated carbocycles. The van der Waals surface area contributed by atoms with E-state index >= 15 is 0 Å². The van der Waals surface area contributed by atoms with Gasteiger partial charge in [0.2, 0.25) is 0 Å². The fourth-order valence-corrected chi connectivity index (χ4v) is 4.31. The average Bonchev–Trinajstić information content (AvgIpc) is 2.99. The van der Waals surface area contributed by atoms with Crippen LogP contribution in [-0.4, -0.2) is 38.8 Å². The lowest BCUT2D eigenvalue weighted by Crippen LogP contribution is -2.15. The van der Waals surface area contributed by atoms with Gasteiger partial charge in [-0.15, -0.1) is 0 Å². The first kappa shape index (κ1) is 18.0. The highest BCUT2D eigenvalue weighted by molar-refractivity contribution is 7.90. The van der Waals surface area contributed by atoms with Gasteiger partial charge in [-0.1, -0.05) is 22.9 Å². The van der Waals surface area contributed by atoms with Gasteiger partial charge in [0, 0.05) is 18.4 Å². The number of aromatic nitrogens is 1. The number of anilines is 1. The number of fused-ring (bicyclic) bond motifs is 2. The number of thiazole rings is 1. The molecule has 0 unspecified atom stereocenters. The second kappa shape index (κ2) is 6.66. The highest BCUT2D eigenvalue weighted by Crippen LogP contribution is 2.38. The number of hydrogen-bond donors (Lipinski definition) is 1. The van der Waals surface area contributed by atoms with Crippen LogP contribution in [-0.2, 0) is 9.84 Å². The summed E-state index contributed by atoms with van der Waals surface area (Å²) in [4.78, 5) is 17.0. The molecule has 0 bridgehead atoms. The van der Waals surface area contributed by atoms with Crippen LogP contribution in [0.4, 0.5) is 5.13 Å². The summed E-state index contributed by atoms with van der Waals surface area (Å²) in [6.07, 6.45) is 1.07. The first-order chi connectivity index (χ1) is 12.8. The van der Waals surface area contributed by atoms with Gasteiger partial charge < -0.3 is 9.47 Å². The Kier molecular flexibility index (Phi) is 4.45. The Morgan fingerprint density at radius 2 is 1.89 bits per heavy atom. The zero-order chi connectivity index (χ0) is 19.2. The number of sulfone groups is 1. The fraction of sp³-hybridized carbons (Fsp3) is 0.176. The maximum absolute atomic E-state index is 12.6. The Hall–Kier alpha value is -2.36. The molecule has 140 valence electrons. The van der Waals surface area contributed by atoms with Crippen molar-refractivity contribution in [2.24, 2.45) is 0 Å². The summed E-state index contributed by atoms with van der Waals surface area (Å²) in [5, 5.41) is 3.18. The Bertz CT molecular complexity index is 1130. The molecule has 0 fully saturated rings. The smallest absolute Gasteiger partial charge is 0.259 e. The van der Waals surface area contributed by atoms with Crippen LogP contribution in [0.15, 0.2) is 35.2 Å². The molecule has 1 amide bonds. The largest absolute Gasteiger partial charge is 0.486 e. The van der Waals surface area contributed by atoms with E-state index in [0.717, 1.165) is 11.0 Å². The third-order valence-corrected chi connectivity index (χ3v) is 6.26. The second-order valence-corrected chi connectivity index (χ2v) is 9.30. The Morgan fingerprint density at radius 3 is 2.59 bits per heavy atom. The third kappa shape index (κ3) is 3.58. The number of benzene rings is 2. The van der Waals surface area contributed by atoms with Crippen molar-refractivity contribution in [2.45, 2.75) is 4.90 Å². The SMILES string of the molecule is CS(=O)(=O)c1ccc(Cl)c(C(=O)Nc2nc3cc4c(cc3s2)OCCO4)c1. The molecule has 1 aromatic heterocycles. The molecule has 2 aromatic carbocycles. The van der Waals surface area contributed by atoms with E-state index in [9.17, 15) is 13.2 Å². The average molecular weight is 425 g/mol. The van der Waals surface area contributed by atoms with Gasteiger partial charge in [0.15, 0.2) is 26.5 Å². The van der Waals surface area contributed by atoms with E-state index in [1.807, 2.05) is 6.07 Å². The highest BCUT2D eigenvalue weighted by atomic mass is 35.5. The van der Waals surface area contributed by atoms with Crippen LogP contribution >= 0.6 is 22.9 Å². The van der Waals surface area contributed by atoms with Crippen molar-refractivity contribution in [2.75, 3.05) is 24.8 Å². The molecule has 1 aliphatic rings. The molecule has 0 atom stereocenters. The quantitative estimate of drug-likeness (QED) is 0.692. The summed E-state index contributed by atoms with van der Waals surface area (Å²) >= 11 is 7.34. The van der Waals surface area contributed by atoms with Gasteiger partial charge in [0.25, 0.3) is 5.91 Å². The van der Waals surface area contributed by atoms with Crippen LogP contribution in [0.25, 0.3) is 10.2 Å². The molecule has 7 nitrogen and oxygen atoms in total. The molecule has 0 spiro atoms. The number of carbonyl (C=O) groups excluding carboxylic acids is 1. The van der Waals surface area contributed by atoms with Crippen LogP contribution in [0.2, 0.25) is 5.02 Å². The number of amides is 1. The fourth-order valence-electron chi connectivity index (χ4n) is 2.59. The number of carbonyl (C=O) groups is 1. The van der Waals surface area contributed by atoms with Crippen molar-refractivity contribution in [1.29, 1.82) is 0 Å². The van der Waals surface area contributed by atoms with Gasteiger partial charge in [0.1, 0.15) is 13.2 Å². The van der Waals surface area contributed by atoms with E-state index in [1.165, 1.54) is 29.5 Å². The lowest BCUT2D eigenvalue weighted by Gasteiger charge is -2.17. The first-order valence-electron chi connectivity index (χ1n) is 7.82. The van der Waals surface area contributed by atoms with E-state index < -0.39 is 15.7 Å². The van der Waals surface area contributed by atoms with Crippen molar-refractivity contribution in [1.82, 2.24) is 4.98 Å². The van der Waals surface area contributed by atoms with Crippen molar-refractivity contribution in [3.05, 3.63) is 40.9 Å². The minimum atomic E-state index is -3.46. The van der Waals surface area contributed by atoms with Gasteiger partial charge in [-0.25, -0.2) is 13.4 Å². The van der Waals surface area contributed by atoms with Crippen LogP contribution in [0, 0.1) is 0 Å². The summed E-state index contributed by atoms with van der Waals surface area (Å²) in [5.74, 6) is 0.710. The molecule has 0 saturated heterocycles. The zero-order valence-corrected chi connectivity index (χ0v) is 16.4. The molecule has 1 aliphatic heterocycles. The summed E-state index contributed by atoms with van der Waals surface area (Å²) < 4.78 is 35.3. The minimum Gasteiger partial charge on any atom is -0.486 e. The number of nitrogens with zero attached hydrogens (tertiary/aromatic N) is 1. The summed E-state index contributed by atoms with van der Waals surface area (Å²) in [6, 6.07) is 7.56. The minimum absolute atomic E-state index is 0.0170. The zero-order valence-electron chi connectivity index (χ0n) is 14.0. The van der Waals surface area contributed by atoms with Gasteiger partial charge >= 0.3 is 0 Å². The predicted molar refractivity (Wildman–Crippen MR) is 103 cm³/mol. The summed E-state index contributed by atoms with van der Waals surface area (Å²) in [5.41, 5.74) is 0.723. The monoisotopic (exact) mass is 424 g/mol. The molecule has 27 heavy (non-hydrogen) atoms. The van der Waals surface area contributed by atoms with Crippen LogP contribution in [0.1, 0.15) is 10.4 Å². The van der Waals surface area contributed by atoms with Gasteiger partial charge in [-0.2, -0.15) is 0 Å². The molecule has 0 aliphatic carbocycles. The number of halogens is 1. The standard InChI is InChI=1S/C17H13ClN2O5S2/c1-27(22,23)9-2-3-11(18)10(6-9)16(21)20-17-19-12-7-13-14(8-15(12)26-17)25-5-4-24-13/h2-3,6-8H,4-5H2,1H3,(H,19,20,21). The number of ether oxygens (including phenoxy) is 2. The summed E-state index contributed by atoms with van der Waals surface area (Å²) in [7, 11) is -3.46. The van der Waals surface area contributed by atoms with E-state index in [-0.39, 0.29) is 15.5 Å². The van der Waals surface area contributed by atoms with Crippen molar-refractivity contribution >= 4 is 54.0 Å². The molecule has 0 radical (unpaired) electrons. The number of hydrogen-bond acceptors (Lipinski definition) is 7. The molecular weight excluding hydrogens is 412 g/mol. The van der Waals surface area contributed by atoms with Crippen LogP contribution in [0.5, 0.6) is 11.5 Å². The molecule has 2 heterocycles. The Morgan fingerprint density at radius 1 is 1.19 bits per heavy atom. The van der Waals surface area contributed by atoms with Gasteiger partial charge in [-0.05, 0) is 18.2 Å². The molecule has 4 rings (SSSR count). The third-order valence-electron chi connectivity index (χ3n) is 3.88. The number of rotatable bonds is 3. The molecule has 3 aromatic rings. The van der Waals surface area contributed by atoms with Crippen molar-refractivity contribution < 1.29 is 22.7 Å². The van der Waals surface area contributed by atoms with E-state index in [1.54, 1.807) is 6.07 Å². The normalized spacial score (nSPS) is 13.6. The van der Waals surface area contributed by atoms with Gasteiger partial charge in [0.05, 0.1) is 25.7 Å². The van der Waals surface area contributed by atoms with Gasteiger partial charge in [-0.3, -0.25) is 10.1 Å². The van der Waals surface area contributed by atoms with E-state index in [2.05, 4.69) is 10.3 Å². The van der Waals surface area contributed by atoms with Crippen molar-refractivity contribution in [3.63, 3.8) is 0 Å². The highest BCUT2D eigenvalue weighted by Gasteiger charge is 2.19. The first-order valence-corrected chi connectivity index (χ1v) is 10.9. The van der Waals surface area contributed by atoms with E-state index in [4.69, 9.17) is 21.1 Å². The lowest BCUT2D eigenvalue weighted by atomic mass is 10.2. The number of nitrogens with one attached hydrogen (secondary N) is 1. The lowest BCUT2D eigenvalue weighted by molar-refractivity contribution is 0.102. The van der Waals surface area contributed by atoms with Crippen molar-refractivity contribution in [3.8, 4) is 11.5 Å². The topological polar surface area (TPSA) is 94.6 Å². The maximum atomic E-state index is 12.6.